The van der Waals surface area contributed by atoms with Crippen molar-refractivity contribution in [3.63, 3.8) is 0 Å². The zero-order chi connectivity index (χ0) is 14.0. The highest BCUT2D eigenvalue weighted by Gasteiger charge is 2.11. The number of anilines is 1. The summed E-state index contributed by atoms with van der Waals surface area (Å²) >= 11 is 12.4. The van der Waals surface area contributed by atoms with Crippen molar-refractivity contribution in [2.45, 2.75) is 0 Å². The Morgan fingerprint density at radius 3 is 2.63 bits per heavy atom. The maximum atomic E-state index is 13.2. The third kappa shape index (κ3) is 3.55. The van der Waals surface area contributed by atoms with Crippen LogP contribution in [0.4, 0.5) is 10.1 Å². The molecule has 98 valence electrons. The highest BCUT2D eigenvalue weighted by molar-refractivity contribution is 9.11. The highest BCUT2D eigenvalue weighted by atomic mass is 79.9. The molecular weight excluding hydrogens is 400 g/mol. The molecule has 0 bridgehead atoms. The molecule has 0 aliphatic rings. The van der Waals surface area contributed by atoms with E-state index < -0.39 is 11.7 Å². The highest BCUT2D eigenvalue weighted by Crippen LogP contribution is 2.30. The van der Waals surface area contributed by atoms with Gasteiger partial charge in [-0.2, -0.15) is 0 Å². The topological polar surface area (TPSA) is 29.1 Å². The van der Waals surface area contributed by atoms with Crippen molar-refractivity contribution in [2.24, 2.45) is 0 Å². The summed E-state index contributed by atoms with van der Waals surface area (Å²) < 4.78 is 14.3. The molecule has 0 saturated heterocycles. The zero-order valence-corrected chi connectivity index (χ0v) is 13.3. The van der Waals surface area contributed by atoms with Gasteiger partial charge in [-0.25, -0.2) is 4.39 Å². The number of amides is 1. The summed E-state index contributed by atoms with van der Waals surface area (Å²) in [5.41, 5.74) is 0.747. The van der Waals surface area contributed by atoms with E-state index in [1.807, 2.05) is 0 Å². The summed E-state index contributed by atoms with van der Waals surface area (Å²) in [7, 11) is 0. The van der Waals surface area contributed by atoms with Gasteiger partial charge in [-0.3, -0.25) is 4.79 Å². The Morgan fingerprint density at radius 1 is 1.21 bits per heavy atom. The fourth-order valence-corrected chi connectivity index (χ4v) is 2.48. The normalized spacial score (nSPS) is 10.3. The lowest BCUT2D eigenvalue weighted by molar-refractivity contribution is 0.102. The average Bonchev–Trinajstić information content (AvgIpc) is 2.33. The molecule has 0 spiro atoms. The third-order valence-electron chi connectivity index (χ3n) is 2.32. The second-order valence-corrected chi connectivity index (χ2v) is 5.83. The fraction of sp³-hybridized carbons (Fsp3) is 0. The van der Waals surface area contributed by atoms with Crippen LogP contribution in [0.1, 0.15) is 10.4 Å². The number of halogens is 4. The van der Waals surface area contributed by atoms with Gasteiger partial charge in [-0.1, -0.05) is 33.6 Å². The van der Waals surface area contributed by atoms with Crippen LogP contribution in [0.15, 0.2) is 45.3 Å². The molecule has 2 aromatic rings. The molecule has 0 heterocycles. The molecule has 0 aliphatic carbocycles. The molecule has 6 heteroatoms. The van der Waals surface area contributed by atoms with Crippen molar-refractivity contribution in [2.75, 3.05) is 5.32 Å². The first kappa shape index (κ1) is 14.5. The van der Waals surface area contributed by atoms with Gasteiger partial charge >= 0.3 is 0 Å². The van der Waals surface area contributed by atoms with E-state index >= 15 is 0 Å². The molecule has 1 N–H and O–H groups in total. The van der Waals surface area contributed by atoms with Crippen LogP contribution in [-0.2, 0) is 0 Å². The van der Waals surface area contributed by atoms with E-state index in [0.29, 0.717) is 19.7 Å². The minimum Gasteiger partial charge on any atom is -0.321 e. The molecule has 19 heavy (non-hydrogen) atoms. The van der Waals surface area contributed by atoms with Crippen molar-refractivity contribution in [1.29, 1.82) is 0 Å². The summed E-state index contributed by atoms with van der Waals surface area (Å²) in [5, 5.41) is 3.15. The van der Waals surface area contributed by atoms with Crippen LogP contribution in [-0.4, -0.2) is 5.91 Å². The number of nitrogens with one attached hydrogen (secondary N) is 1. The predicted molar refractivity (Wildman–Crippen MR) is 81.2 cm³/mol. The number of carbonyl (C=O) groups is 1. The van der Waals surface area contributed by atoms with Crippen LogP contribution < -0.4 is 5.32 Å². The monoisotopic (exact) mass is 405 g/mol. The fourth-order valence-electron chi connectivity index (χ4n) is 1.48. The van der Waals surface area contributed by atoms with E-state index in [9.17, 15) is 9.18 Å². The Kier molecular flexibility index (Phi) is 4.60. The molecule has 0 fully saturated rings. The average molecular weight is 407 g/mol. The van der Waals surface area contributed by atoms with Gasteiger partial charge in [-0.05, 0) is 46.3 Å². The lowest BCUT2D eigenvalue weighted by Gasteiger charge is -2.08. The predicted octanol–water partition coefficient (Wildman–Crippen LogP) is 5.26. The molecule has 2 rings (SSSR count). The Labute approximate surface area is 131 Å². The third-order valence-corrected chi connectivity index (χ3v) is 4.18. The Hall–Kier alpha value is -0.910. The van der Waals surface area contributed by atoms with E-state index in [1.54, 1.807) is 18.2 Å². The molecule has 0 saturated carbocycles. The Morgan fingerprint density at radius 2 is 1.95 bits per heavy atom. The molecule has 2 aromatic carbocycles. The quantitative estimate of drug-likeness (QED) is 0.723. The second kappa shape index (κ2) is 6.03. The summed E-state index contributed by atoms with van der Waals surface area (Å²) in [4.78, 5) is 12.0. The molecule has 0 aliphatic heterocycles. The van der Waals surface area contributed by atoms with E-state index in [-0.39, 0.29) is 5.56 Å². The van der Waals surface area contributed by atoms with Crippen molar-refractivity contribution >= 4 is 55.1 Å². The van der Waals surface area contributed by atoms with Gasteiger partial charge < -0.3 is 5.32 Å². The summed E-state index contributed by atoms with van der Waals surface area (Å²) in [6.45, 7) is 0. The number of carbonyl (C=O) groups excluding carboxylic acids is 1. The van der Waals surface area contributed by atoms with Gasteiger partial charge in [0.15, 0.2) is 0 Å². The molecule has 0 radical (unpaired) electrons. The lowest BCUT2D eigenvalue weighted by atomic mass is 10.2. The van der Waals surface area contributed by atoms with Gasteiger partial charge in [0.05, 0.1) is 15.2 Å². The number of hydrogen-bond donors (Lipinski definition) is 1. The lowest BCUT2D eigenvalue weighted by Crippen LogP contribution is -2.12. The number of hydrogen-bond acceptors (Lipinski definition) is 1. The standard InChI is InChI=1S/C13H7Br2ClFNO/c14-8-4-7(5-9(17)6-8)13(19)18-11-3-1-2-10(16)12(11)15/h1-6H,(H,18,19). The molecule has 0 atom stereocenters. The van der Waals surface area contributed by atoms with Gasteiger partial charge in [0.2, 0.25) is 0 Å². The molecule has 1 amide bonds. The number of rotatable bonds is 2. The zero-order valence-electron chi connectivity index (χ0n) is 9.38. The minimum atomic E-state index is -0.482. The largest absolute Gasteiger partial charge is 0.321 e. The van der Waals surface area contributed by atoms with Gasteiger partial charge in [0.25, 0.3) is 5.91 Å². The van der Waals surface area contributed by atoms with Crippen molar-refractivity contribution in [3.05, 3.63) is 61.7 Å². The van der Waals surface area contributed by atoms with E-state index in [4.69, 9.17) is 11.6 Å². The van der Waals surface area contributed by atoms with Crippen LogP contribution in [0, 0.1) is 5.82 Å². The first-order valence-corrected chi connectivity index (χ1v) is 7.15. The van der Waals surface area contributed by atoms with Crippen LogP contribution >= 0.6 is 43.5 Å². The Balaban J connectivity index is 2.28. The maximum absolute atomic E-state index is 13.2. The van der Waals surface area contributed by atoms with E-state index in [1.165, 1.54) is 18.2 Å². The summed E-state index contributed by atoms with van der Waals surface area (Å²) in [6.07, 6.45) is 0. The summed E-state index contributed by atoms with van der Waals surface area (Å²) in [6, 6.07) is 9.09. The van der Waals surface area contributed by atoms with Crippen molar-refractivity contribution < 1.29 is 9.18 Å². The van der Waals surface area contributed by atoms with Crippen LogP contribution in [0.25, 0.3) is 0 Å². The first-order valence-electron chi connectivity index (χ1n) is 5.19. The molecular formula is C13H7Br2ClFNO. The molecule has 0 aromatic heterocycles. The van der Waals surface area contributed by atoms with Crippen molar-refractivity contribution in [3.8, 4) is 0 Å². The second-order valence-electron chi connectivity index (χ2n) is 3.71. The maximum Gasteiger partial charge on any atom is 0.255 e. The van der Waals surface area contributed by atoms with Gasteiger partial charge in [-0.15, -0.1) is 0 Å². The van der Waals surface area contributed by atoms with Gasteiger partial charge in [0, 0.05) is 10.0 Å². The summed E-state index contributed by atoms with van der Waals surface area (Å²) in [5.74, 6) is -0.896. The van der Waals surface area contributed by atoms with E-state index in [2.05, 4.69) is 37.2 Å². The number of benzene rings is 2. The van der Waals surface area contributed by atoms with Crippen LogP contribution in [0.3, 0.4) is 0 Å². The van der Waals surface area contributed by atoms with Crippen molar-refractivity contribution in [1.82, 2.24) is 0 Å². The van der Waals surface area contributed by atoms with Crippen LogP contribution in [0.5, 0.6) is 0 Å². The van der Waals surface area contributed by atoms with Gasteiger partial charge in [0.1, 0.15) is 5.82 Å². The minimum absolute atomic E-state index is 0.221. The SMILES string of the molecule is O=C(Nc1cccc(Cl)c1Br)c1cc(F)cc(Br)c1. The molecule has 2 nitrogen and oxygen atoms in total. The van der Waals surface area contributed by atoms with E-state index in [0.717, 1.165) is 0 Å². The smallest absolute Gasteiger partial charge is 0.255 e. The first-order chi connectivity index (χ1) is 8.97. The Bertz CT molecular complexity index is 628. The van der Waals surface area contributed by atoms with Crippen LogP contribution in [0.2, 0.25) is 5.02 Å². The molecule has 0 unspecified atom stereocenters.